The van der Waals surface area contributed by atoms with Crippen LogP contribution >= 0.6 is 11.3 Å². The van der Waals surface area contributed by atoms with Crippen molar-refractivity contribution in [1.82, 2.24) is 4.98 Å². The maximum Gasteiger partial charge on any atom is 0.301 e. The van der Waals surface area contributed by atoms with E-state index in [9.17, 15) is 19.8 Å². The fraction of sp³-hybridized carbons (Fsp3) is 0.0800. The number of nitrogens with zero attached hydrogens (tertiary/aromatic N) is 2. The molecule has 7 heteroatoms. The lowest BCUT2D eigenvalue weighted by Gasteiger charge is -2.23. The number of hydrogen-bond donors (Lipinski definition) is 2. The van der Waals surface area contributed by atoms with Gasteiger partial charge < -0.3 is 10.2 Å². The second-order valence-corrected chi connectivity index (χ2v) is 8.61. The molecule has 0 saturated carbocycles. The molecule has 0 radical (unpaired) electrons. The van der Waals surface area contributed by atoms with E-state index in [-0.39, 0.29) is 17.1 Å². The van der Waals surface area contributed by atoms with Crippen LogP contribution in [0.2, 0.25) is 0 Å². The summed E-state index contributed by atoms with van der Waals surface area (Å²) >= 11 is 1.30. The van der Waals surface area contributed by atoms with Crippen LogP contribution in [-0.2, 0) is 9.59 Å². The number of phenolic OH excluding ortho intramolecular Hbond substituents is 1. The Balaban J connectivity index is 1.75. The topological polar surface area (TPSA) is 90.7 Å². The number of carbonyl (C=O) groups excluding carboxylic acids is 2. The van der Waals surface area contributed by atoms with E-state index in [0.29, 0.717) is 16.3 Å². The molecule has 2 N–H and O–H groups in total. The van der Waals surface area contributed by atoms with Gasteiger partial charge in [0.05, 0.1) is 21.8 Å². The predicted octanol–water partition coefficient (Wildman–Crippen LogP) is 4.94. The Bertz CT molecular complexity index is 1410. The lowest BCUT2D eigenvalue weighted by molar-refractivity contribution is -0.132. The molecule has 3 aromatic carbocycles. The number of aromatic hydroxyl groups is 1. The highest BCUT2D eigenvalue weighted by molar-refractivity contribution is 7.22. The molecule has 1 saturated heterocycles. The highest BCUT2D eigenvalue weighted by atomic mass is 32.1. The SMILES string of the molecule is Cc1ccc2nc(N3C(=O)C(=O)/C(=C(/O)c4ccccc4)C3c3cccc(O)c3)sc2c1. The van der Waals surface area contributed by atoms with E-state index in [1.165, 1.54) is 28.4 Å². The van der Waals surface area contributed by atoms with Gasteiger partial charge in [-0.2, -0.15) is 0 Å². The molecular weight excluding hydrogens is 424 g/mol. The van der Waals surface area contributed by atoms with Crippen LogP contribution in [0.5, 0.6) is 5.75 Å². The Kier molecular flexibility index (Phi) is 4.75. The summed E-state index contributed by atoms with van der Waals surface area (Å²) in [6.45, 7) is 1.97. The Morgan fingerprint density at radius 3 is 2.53 bits per heavy atom. The molecule has 32 heavy (non-hydrogen) atoms. The summed E-state index contributed by atoms with van der Waals surface area (Å²) in [5.74, 6) is -1.84. The normalized spacial score (nSPS) is 17.9. The first-order valence-electron chi connectivity index (χ1n) is 9.96. The third kappa shape index (κ3) is 3.23. The number of aliphatic hydroxyl groups excluding tert-OH is 1. The van der Waals surface area contributed by atoms with Gasteiger partial charge in [0, 0.05) is 5.56 Å². The Labute approximate surface area is 187 Å². The van der Waals surface area contributed by atoms with Crippen LogP contribution in [0.25, 0.3) is 16.0 Å². The second kappa shape index (κ2) is 7.62. The first-order chi connectivity index (χ1) is 15.4. The van der Waals surface area contributed by atoms with Gasteiger partial charge in [-0.15, -0.1) is 0 Å². The summed E-state index contributed by atoms with van der Waals surface area (Å²) in [7, 11) is 0. The number of Topliss-reactive ketones (excluding diaryl/α,β-unsaturated/α-hetero) is 1. The number of carbonyl (C=O) groups is 2. The molecule has 1 fully saturated rings. The van der Waals surface area contributed by atoms with Crippen molar-refractivity contribution in [2.75, 3.05) is 4.90 Å². The number of ketones is 1. The van der Waals surface area contributed by atoms with Gasteiger partial charge >= 0.3 is 5.91 Å². The highest BCUT2D eigenvalue weighted by Crippen LogP contribution is 2.44. The Morgan fingerprint density at radius 1 is 1.00 bits per heavy atom. The van der Waals surface area contributed by atoms with Gasteiger partial charge in [-0.05, 0) is 42.3 Å². The third-order valence-electron chi connectivity index (χ3n) is 5.42. The molecule has 6 nitrogen and oxygen atoms in total. The molecular formula is C25H18N2O4S. The number of hydrogen-bond acceptors (Lipinski definition) is 6. The van der Waals surface area contributed by atoms with Gasteiger partial charge in [0.1, 0.15) is 11.5 Å². The quantitative estimate of drug-likeness (QED) is 0.267. The second-order valence-electron chi connectivity index (χ2n) is 7.60. The van der Waals surface area contributed by atoms with E-state index >= 15 is 0 Å². The molecule has 0 bridgehead atoms. The summed E-state index contributed by atoms with van der Waals surface area (Å²) in [5.41, 5.74) is 2.66. The number of rotatable bonds is 3. The van der Waals surface area contributed by atoms with Gasteiger partial charge in [-0.1, -0.05) is 59.9 Å². The number of thiazole rings is 1. The standard InChI is InChI=1S/C25H18N2O4S/c1-14-10-11-18-19(12-14)32-25(26-18)27-21(16-8-5-9-17(28)13-16)20(23(30)24(27)31)22(29)15-6-3-2-4-7-15/h2-13,21,28-29H,1H3/b22-20+. The molecule has 1 atom stereocenters. The monoisotopic (exact) mass is 442 g/mol. The van der Waals surface area contributed by atoms with Crippen molar-refractivity contribution in [3.63, 3.8) is 0 Å². The molecule has 1 aliphatic heterocycles. The van der Waals surface area contributed by atoms with Crippen molar-refractivity contribution in [2.24, 2.45) is 0 Å². The van der Waals surface area contributed by atoms with Crippen LogP contribution in [-0.4, -0.2) is 26.9 Å². The van der Waals surface area contributed by atoms with E-state index in [2.05, 4.69) is 4.98 Å². The van der Waals surface area contributed by atoms with Crippen LogP contribution in [0.15, 0.2) is 78.4 Å². The minimum atomic E-state index is -0.927. The fourth-order valence-electron chi connectivity index (χ4n) is 3.91. The predicted molar refractivity (Wildman–Crippen MR) is 124 cm³/mol. The van der Waals surface area contributed by atoms with E-state index in [1.54, 1.807) is 42.5 Å². The Morgan fingerprint density at radius 2 is 1.78 bits per heavy atom. The summed E-state index contributed by atoms with van der Waals surface area (Å²) in [5, 5.41) is 21.5. The van der Waals surface area contributed by atoms with Crippen molar-refractivity contribution in [3.8, 4) is 5.75 Å². The van der Waals surface area contributed by atoms with Gasteiger partial charge in [-0.25, -0.2) is 4.98 Å². The lowest BCUT2D eigenvalue weighted by Crippen LogP contribution is -2.29. The molecule has 0 aliphatic carbocycles. The third-order valence-corrected chi connectivity index (χ3v) is 6.43. The average molecular weight is 442 g/mol. The number of phenols is 1. The van der Waals surface area contributed by atoms with Crippen molar-refractivity contribution >= 4 is 44.1 Å². The van der Waals surface area contributed by atoms with Crippen LogP contribution in [0, 0.1) is 6.92 Å². The largest absolute Gasteiger partial charge is 0.508 e. The number of aryl methyl sites for hydroxylation is 1. The summed E-state index contributed by atoms with van der Waals surface area (Å²) in [4.78, 5) is 32.2. The first kappa shape index (κ1) is 20.0. The number of aromatic nitrogens is 1. The Hall–Kier alpha value is -3.97. The molecule has 4 aromatic rings. The van der Waals surface area contributed by atoms with Gasteiger partial charge in [-0.3, -0.25) is 14.5 Å². The minimum absolute atomic E-state index is 0.00674. The number of fused-ring (bicyclic) bond motifs is 1. The first-order valence-corrected chi connectivity index (χ1v) is 10.8. The molecule has 1 unspecified atom stereocenters. The zero-order valence-electron chi connectivity index (χ0n) is 17.0. The van der Waals surface area contributed by atoms with Crippen molar-refractivity contribution < 1.29 is 19.8 Å². The zero-order valence-corrected chi connectivity index (χ0v) is 17.8. The number of aliphatic hydroxyl groups is 1. The molecule has 1 aromatic heterocycles. The van der Waals surface area contributed by atoms with Gasteiger partial charge in [0.15, 0.2) is 5.13 Å². The molecule has 158 valence electrons. The summed E-state index contributed by atoms with van der Waals surface area (Å²) in [6.07, 6.45) is 0. The maximum absolute atomic E-state index is 13.2. The smallest absolute Gasteiger partial charge is 0.301 e. The van der Waals surface area contributed by atoms with Crippen LogP contribution in [0.4, 0.5) is 5.13 Å². The van der Waals surface area contributed by atoms with E-state index in [0.717, 1.165) is 15.8 Å². The van der Waals surface area contributed by atoms with E-state index < -0.39 is 17.7 Å². The van der Waals surface area contributed by atoms with Crippen molar-refractivity contribution in [3.05, 3.63) is 95.1 Å². The van der Waals surface area contributed by atoms with Crippen LogP contribution < -0.4 is 4.90 Å². The molecule has 2 heterocycles. The number of benzene rings is 3. The van der Waals surface area contributed by atoms with Crippen LogP contribution in [0.3, 0.4) is 0 Å². The average Bonchev–Trinajstić information content (AvgIpc) is 3.32. The minimum Gasteiger partial charge on any atom is -0.508 e. The van der Waals surface area contributed by atoms with Gasteiger partial charge in [0.25, 0.3) is 5.78 Å². The molecule has 5 rings (SSSR count). The summed E-state index contributed by atoms with van der Waals surface area (Å²) < 4.78 is 0.889. The van der Waals surface area contributed by atoms with E-state index in [4.69, 9.17) is 0 Å². The highest BCUT2D eigenvalue weighted by Gasteiger charge is 2.48. The van der Waals surface area contributed by atoms with Crippen molar-refractivity contribution in [1.29, 1.82) is 0 Å². The molecule has 1 amide bonds. The van der Waals surface area contributed by atoms with Crippen molar-refractivity contribution in [2.45, 2.75) is 13.0 Å². The lowest BCUT2D eigenvalue weighted by atomic mass is 9.95. The number of amides is 1. The number of anilines is 1. The molecule has 1 aliphatic rings. The zero-order chi connectivity index (χ0) is 22.4. The summed E-state index contributed by atoms with van der Waals surface area (Å²) in [6, 6.07) is 19.8. The van der Waals surface area contributed by atoms with Crippen LogP contribution in [0.1, 0.15) is 22.7 Å². The van der Waals surface area contributed by atoms with Gasteiger partial charge in [0.2, 0.25) is 0 Å². The fourth-order valence-corrected chi connectivity index (χ4v) is 5.00. The van der Waals surface area contributed by atoms with E-state index in [1.807, 2.05) is 25.1 Å². The molecule has 0 spiro atoms. The maximum atomic E-state index is 13.2.